The number of hydrogen-bond donors (Lipinski definition) is 2. The zero-order valence-electron chi connectivity index (χ0n) is 15.8. The van der Waals surface area contributed by atoms with Crippen molar-refractivity contribution in [2.24, 2.45) is 11.7 Å². The minimum Gasteiger partial charge on any atom is -0.497 e. The molecule has 1 saturated heterocycles. The van der Waals surface area contributed by atoms with E-state index in [1.807, 2.05) is 4.90 Å². The highest BCUT2D eigenvalue weighted by Crippen LogP contribution is 2.33. The van der Waals surface area contributed by atoms with Crippen LogP contribution in [0.1, 0.15) is 38.6 Å². The first-order valence-corrected chi connectivity index (χ1v) is 9.74. The molecule has 3 aliphatic rings. The summed E-state index contributed by atoms with van der Waals surface area (Å²) >= 11 is 0. The molecule has 8 heteroatoms. The van der Waals surface area contributed by atoms with Crippen molar-refractivity contribution in [3.8, 4) is 0 Å². The Morgan fingerprint density at radius 1 is 1.33 bits per heavy atom. The summed E-state index contributed by atoms with van der Waals surface area (Å²) in [6, 6.07) is -0.663. The zero-order valence-corrected chi connectivity index (χ0v) is 15.8. The van der Waals surface area contributed by atoms with Gasteiger partial charge in [-0.25, -0.2) is 9.18 Å². The largest absolute Gasteiger partial charge is 0.497 e. The maximum atomic E-state index is 15.2. The third kappa shape index (κ3) is 3.04. The Hall–Kier alpha value is -1.93. The normalized spacial score (nSPS) is 31.3. The third-order valence-electron chi connectivity index (χ3n) is 6.20. The molecule has 3 N–H and O–H groups in total. The third-order valence-corrected chi connectivity index (χ3v) is 6.20. The average Bonchev–Trinajstić information content (AvgIpc) is 3.46. The lowest BCUT2D eigenvalue weighted by Gasteiger charge is -2.42. The van der Waals surface area contributed by atoms with Crippen LogP contribution in [0.5, 0.6) is 0 Å². The molecule has 148 valence electrons. The molecule has 0 radical (unpaired) electrons. The van der Waals surface area contributed by atoms with E-state index in [-0.39, 0.29) is 17.3 Å². The number of aromatic nitrogens is 2. The van der Waals surface area contributed by atoms with Gasteiger partial charge in [-0.3, -0.25) is 19.2 Å². The molecule has 7 nitrogen and oxygen atoms in total. The van der Waals surface area contributed by atoms with Crippen molar-refractivity contribution in [3.05, 3.63) is 31.4 Å². The Labute approximate surface area is 156 Å². The molecule has 2 aliphatic carbocycles. The van der Waals surface area contributed by atoms with Gasteiger partial charge in [0.1, 0.15) is 18.0 Å². The van der Waals surface area contributed by atoms with Crippen LogP contribution < -0.4 is 27.6 Å². The van der Waals surface area contributed by atoms with E-state index >= 15 is 4.39 Å². The summed E-state index contributed by atoms with van der Waals surface area (Å²) < 4.78 is 22.4. The van der Waals surface area contributed by atoms with E-state index in [1.54, 1.807) is 4.57 Å². The number of rotatable bonds is 4. The van der Waals surface area contributed by atoms with Crippen LogP contribution in [0, 0.1) is 5.92 Å². The van der Waals surface area contributed by atoms with Gasteiger partial charge in [-0.05, 0) is 37.8 Å². The van der Waals surface area contributed by atoms with Crippen LogP contribution in [0.3, 0.4) is 0 Å². The van der Waals surface area contributed by atoms with Gasteiger partial charge in [0, 0.05) is 18.6 Å². The van der Waals surface area contributed by atoms with Crippen LogP contribution in [0.15, 0.2) is 9.59 Å². The number of aromatic amines is 1. The summed E-state index contributed by atoms with van der Waals surface area (Å²) in [6.07, 6.45) is 3.57. The van der Waals surface area contributed by atoms with Crippen LogP contribution in [-0.2, 0) is 4.74 Å². The van der Waals surface area contributed by atoms with Gasteiger partial charge in [-0.15, -0.1) is 0 Å². The first kappa shape index (κ1) is 18.4. The maximum Gasteiger partial charge on any atom is 0.329 e. The smallest absolute Gasteiger partial charge is 0.329 e. The number of halogens is 1. The molecular formula is C19H27FN4O3. The molecule has 1 aliphatic heterocycles. The van der Waals surface area contributed by atoms with Gasteiger partial charge < -0.3 is 10.5 Å². The summed E-state index contributed by atoms with van der Waals surface area (Å²) in [5, 5.41) is 0.619. The van der Waals surface area contributed by atoms with Gasteiger partial charge in [-0.1, -0.05) is 13.3 Å². The van der Waals surface area contributed by atoms with Gasteiger partial charge in [-0.2, -0.15) is 0 Å². The molecule has 2 fully saturated rings. The highest BCUT2D eigenvalue weighted by atomic mass is 19.1. The lowest BCUT2D eigenvalue weighted by molar-refractivity contribution is 0.0890. The Morgan fingerprint density at radius 2 is 2.07 bits per heavy atom. The molecule has 0 aromatic carbocycles. The number of nitrogens with zero attached hydrogens (tertiary/aromatic N) is 2. The predicted molar refractivity (Wildman–Crippen MR) is 100 cm³/mol. The minimum atomic E-state index is -1.40. The van der Waals surface area contributed by atoms with E-state index < -0.39 is 23.5 Å². The van der Waals surface area contributed by atoms with Crippen molar-refractivity contribution in [1.82, 2.24) is 14.5 Å². The molecule has 1 saturated carbocycles. The average molecular weight is 378 g/mol. The van der Waals surface area contributed by atoms with Crippen molar-refractivity contribution < 1.29 is 9.13 Å². The molecule has 4 rings (SSSR count). The van der Waals surface area contributed by atoms with Gasteiger partial charge >= 0.3 is 5.69 Å². The topological polar surface area (TPSA) is 93.3 Å². The Kier molecular flexibility index (Phi) is 4.71. The summed E-state index contributed by atoms with van der Waals surface area (Å²) in [6.45, 7) is 3.40. The van der Waals surface area contributed by atoms with E-state index in [2.05, 4.69) is 11.9 Å². The highest BCUT2D eigenvalue weighted by molar-refractivity contribution is 5.53. The number of alkyl halides is 1. The molecule has 0 spiro atoms. The second kappa shape index (κ2) is 6.91. The number of H-pyrrole nitrogens is 1. The van der Waals surface area contributed by atoms with Crippen molar-refractivity contribution >= 4 is 11.8 Å². The second-order valence-corrected chi connectivity index (χ2v) is 7.86. The zero-order chi connectivity index (χ0) is 19.3. The van der Waals surface area contributed by atoms with Crippen LogP contribution in [0.25, 0.3) is 11.8 Å². The lowest BCUT2D eigenvalue weighted by Crippen LogP contribution is -2.62. The second-order valence-electron chi connectivity index (χ2n) is 7.86. The number of ether oxygens (including phenoxy) is 1. The molecule has 4 unspecified atom stereocenters. The number of methoxy groups -OCH3 is 1. The summed E-state index contributed by atoms with van der Waals surface area (Å²) in [7, 11) is 1.48. The van der Waals surface area contributed by atoms with E-state index in [1.165, 1.54) is 13.2 Å². The molecule has 0 amide bonds. The van der Waals surface area contributed by atoms with Crippen molar-refractivity contribution in [3.63, 3.8) is 0 Å². The standard InChI is InChI=1S/C19H27FN4O3/c1-3-10-6-7-23(9-14(10)21)16-13(20)8-12-15(17(16)27-2)24(11-4-5-11)19(26)22-18(12)25/h8,10-11,13-14,16H,3-7,9,21H2,1-2H3,(H,22,25,26). The quantitative estimate of drug-likeness (QED) is 0.715. The molecule has 2 heterocycles. The van der Waals surface area contributed by atoms with Crippen LogP contribution in [0.2, 0.25) is 0 Å². The van der Waals surface area contributed by atoms with E-state index in [0.29, 0.717) is 30.1 Å². The fourth-order valence-electron chi connectivity index (χ4n) is 4.59. The molecule has 0 bridgehead atoms. The fraction of sp³-hybridized carbons (Fsp3) is 0.684. The first-order valence-electron chi connectivity index (χ1n) is 9.74. The monoisotopic (exact) mass is 378 g/mol. The van der Waals surface area contributed by atoms with Gasteiger partial charge in [0.25, 0.3) is 5.56 Å². The predicted octanol–water partition coefficient (Wildman–Crippen LogP) is -0.814. The van der Waals surface area contributed by atoms with Gasteiger partial charge in [0.05, 0.1) is 17.7 Å². The van der Waals surface area contributed by atoms with Gasteiger partial charge in [0.2, 0.25) is 0 Å². The maximum absolute atomic E-state index is 15.2. The number of nitrogens with two attached hydrogens (primary N) is 1. The van der Waals surface area contributed by atoms with Crippen molar-refractivity contribution in [2.75, 3.05) is 20.2 Å². The number of likely N-dealkylation sites (tertiary alicyclic amines) is 1. The van der Waals surface area contributed by atoms with Crippen molar-refractivity contribution in [1.29, 1.82) is 0 Å². The highest BCUT2D eigenvalue weighted by Gasteiger charge is 2.40. The molecule has 27 heavy (non-hydrogen) atoms. The summed E-state index contributed by atoms with van der Waals surface area (Å²) in [5.74, 6) is 0.787. The summed E-state index contributed by atoms with van der Waals surface area (Å²) in [4.78, 5) is 29.1. The van der Waals surface area contributed by atoms with Gasteiger partial charge in [0.15, 0.2) is 0 Å². The fourth-order valence-corrected chi connectivity index (χ4v) is 4.59. The minimum absolute atomic E-state index is 0.0275. The molecule has 1 aromatic rings. The first-order chi connectivity index (χ1) is 13.0. The lowest BCUT2D eigenvalue weighted by atomic mass is 9.88. The molecule has 4 atom stereocenters. The molecule has 1 aromatic heterocycles. The number of nitrogens with one attached hydrogen (secondary N) is 1. The summed E-state index contributed by atoms with van der Waals surface area (Å²) in [5.41, 5.74) is 5.29. The van der Waals surface area contributed by atoms with Crippen LogP contribution in [0.4, 0.5) is 4.39 Å². The SMILES string of the molecule is CCC1CCN(C2C(OC)=c3c(c(=O)[nH]c(=O)n3C3CC3)=CC2F)CC1N. The Morgan fingerprint density at radius 3 is 2.67 bits per heavy atom. The molecular weight excluding hydrogens is 351 g/mol. The van der Waals surface area contributed by atoms with Crippen LogP contribution >= 0.6 is 0 Å². The van der Waals surface area contributed by atoms with Crippen LogP contribution in [-0.4, -0.2) is 52.9 Å². The number of hydrogen-bond acceptors (Lipinski definition) is 5. The van der Waals surface area contributed by atoms with E-state index in [9.17, 15) is 9.59 Å². The number of piperidine rings is 1. The van der Waals surface area contributed by atoms with E-state index in [4.69, 9.17) is 10.5 Å². The van der Waals surface area contributed by atoms with Crippen molar-refractivity contribution in [2.45, 2.75) is 56.9 Å². The van der Waals surface area contributed by atoms with E-state index in [0.717, 1.165) is 25.7 Å². The number of fused-ring (bicyclic) bond motifs is 1. The Balaban J connectivity index is 1.88. The Bertz CT molecular complexity index is 965.